The molecule has 1 aromatic rings. The minimum atomic E-state index is -1.91. The standard InChI is InChI=1S/O3Si2/c1-4-3-5(4)2. The summed E-state index contributed by atoms with van der Waals surface area (Å²) in [5.41, 5.74) is 0. The zero-order valence-corrected chi connectivity index (χ0v) is 4.22. The van der Waals surface area contributed by atoms with Crippen molar-refractivity contribution in [2.24, 2.45) is 0 Å². The molecular formula is O3Si2. The van der Waals surface area contributed by atoms with E-state index in [1.54, 1.807) is 0 Å². The molecule has 0 atom stereocenters. The van der Waals surface area contributed by atoms with Crippen molar-refractivity contribution < 1.29 is 12.7 Å². The van der Waals surface area contributed by atoms with Gasteiger partial charge in [-0.25, -0.2) is 0 Å². The van der Waals surface area contributed by atoms with Crippen molar-refractivity contribution in [2.75, 3.05) is 0 Å². The summed E-state index contributed by atoms with van der Waals surface area (Å²) in [6.07, 6.45) is 0. The fourth-order valence-corrected chi connectivity index (χ4v) is 1.28. The van der Waals surface area contributed by atoms with Crippen molar-refractivity contribution in [2.45, 2.75) is 0 Å². The van der Waals surface area contributed by atoms with Crippen molar-refractivity contribution in [3.8, 4) is 0 Å². The van der Waals surface area contributed by atoms with Crippen LogP contribution < -0.4 is 0 Å². The van der Waals surface area contributed by atoms with Crippen LogP contribution in [-0.2, 0) is 8.92 Å². The lowest BCUT2D eigenvalue weighted by molar-refractivity contribution is 0.546. The van der Waals surface area contributed by atoms with E-state index >= 15 is 0 Å². The Labute approximate surface area is 29.8 Å². The Morgan fingerprint density at radius 3 is 1.40 bits per heavy atom. The molecule has 0 spiro atoms. The second kappa shape index (κ2) is 0.659. The molecular weight excluding hydrogens is 104 g/mol. The molecule has 0 fully saturated rings. The first kappa shape index (κ1) is 3.04. The van der Waals surface area contributed by atoms with Gasteiger partial charge in [0.15, 0.2) is 0 Å². The first-order valence-electron chi connectivity index (χ1n) is 1.07. The van der Waals surface area contributed by atoms with E-state index in [1.165, 1.54) is 0 Å². The Morgan fingerprint density at radius 2 is 1.40 bits per heavy atom. The molecule has 0 saturated carbocycles. The summed E-state index contributed by atoms with van der Waals surface area (Å²) < 4.78 is 23.2. The smallest absolute Gasteiger partial charge is 0.518 e. The van der Waals surface area contributed by atoms with Crippen LogP contribution in [0, 0.1) is 0 Å². The van der Waals surface area contributed by atoms with Crippen molar-refractivity contribution in [3.05, 3.63) is 0 Å². The largest absolute Gasteiger partial charge is 0.586 e. The van der Waals surface area contributed by atoms with Crippen molar-refractivity contribution >= 4 is 16.1 Å². The van der Waals surface area contributed by atoms with Gasteiger partial charge in [0.2, 0.25) is 0 Å². The maximum absolute atomic E-state index is 9.58. The fraction of sp³-hybridized carbons (Fsp3) is 0. The topological polar surface area (TPSA) is 47.3 Å². The van der Waals surface area contributed by atoms with E-state index in [1.807, 2.05) is 0 Å². The van der Waals surface area contributed by atoms with Gasteiger partial charge >= 0.3 is 16.1 Å². The Morgan fingerprint density at radius 1 is 1.20 bits per heavy atom. The Kier molecular flexibility index (Phi) is 0.401. The molecule has 0 saturated heterocycles. The Balaban J connectivity index is 3.70. The molecule has 1 heterocycles. The average Bonchev–Trinajstić information content (AvgIpc) is 1.79. The number of hydrogen-bond donors (Lipinski definition) is 0. The van der Waals surface area contributed by atoms with Gasteiger partial charge in [0, 0.05) is 0 Å². The highest BCUT2D eigenvalue weighted by atomic mass is 29.0. The van der Waals surface area contributed by atoms with E-state index in [9.17, 15) is 8.92 Å². The van der Waals surface area contributed by atoms with Gasteiger partial charge in [-0.1, -0.05) is 0 Å². The van der Waals surface area contributed by atoms with Gasteiger partial charge in [-0.3, -0.25) is 0 Å². The monoisotopic (exact) mass is 104 g/mol. The molecule has 0 radical (unpaired) electrons. The third-order valence-corrected chi connectivity index (χ3v) is 2.79. The summed E-state index contributed by atoms with van der Waals surface area (Å²) in [7, 11) is -3.82. The van der Waals surface area contributed by atoms with Crippen LogP contribution in [0.1, 0.15) is 0 Å². The third kappa shape index (κ3) is 0.379. The highest BCUT2D eigenvalue weighted by molar-refractivity contribution is 6.88. The maximum Gasteiger partial charge on any atom is 0.586 e. The van der Waals surface area contributed by atoms with Crippen LogP contribution in [0.4, 0.5) is 0 Å². The normalized spacial score (nSPS) is 9.60. The minimum absolute atomic E-state index is 1.91. The molecule has 0 aliphatic carbocycles. The van der Waals surface area contributed by atoms with E-state index in [-0.39, 0.29) is 0 Å². The number of rotatable bonds is 0. The molecule has 0 unspecified atom stereocenters. The predicted molar refractivity (Wildman–Crippen MR) is 14.0 cm³/mol. The molecule has 5 heteroatoms. The van der Waals surface area contributed by atoms with Crippen molar-refractivity contribution in [1.29, 1.82) is 0 Å². The van der Waals surface area contributed by atoms with Gasteiger partial charge in [0.25, 0.3) is 0 Å². The molecule has 5 heavy (non-hydrogen) atoms. The molecule has 3 nitrogen and oxygen atoms in total. The van der Waals surface area contributed by atoms with Gasteiger partial charge in [0.1, 0.15) is 0 Å². The zero-order chi connectivity index (χ0) is 3.86. The summed E-state index contributed by atoms with van der Waals surface area (Å²) in [6, 6.07) is 0. The van der Waals surface area contributed by atoms with E-state index < -0.39 is 16.1 Å². The molecule has 26 valence electrons. The summed E-state index contributed by atoms with van der Waals surface area (Å²) in [5.74, 6) is 0. The van der Waals surface area contributed by atoms with Crippen LogP contribution in [0.2, 0.25) is 0 Å². The highest BCUT2D eigenvalue weighted by Gasteiger charge is 2.11. The quantitative estimate of drug-likeness (QED) is 0.403. The molecule has 0 amide bonds. The fourth-order valence-electron chi connectivity index (χ4n) is 0.0587. The molecule has 1 rings (SSSR count). The van der Waals surface area contributed by atoms with E-state index in [2.05, 4.69) is 3.78 Å². The summed E-state index contributed by atoms with van der Waals surface area (Å²) in [5, 5.41) is 0. The second-order valence-corrected chi connectivity index (χ2v) is 5.09. The summed E-state index contributed by atoms with van der Waals surface area (Å²) >= 11 is 0. The van der Waals surface area contributed by atoms with E-state index in [4.69, 9.17) is 0 Å². The second-order valence-electron chi connectivity index (χ2n) is 0.677. The van der Waals surface area contributed by atoms with Crippen LogP contribution in [0.15, 0.2) is 3.78 Å². The lowest BCUT2D eigenvalue weighted by Gasteiger charge is -1.18. The zero-order valence-electron chi connectivity index (χ0n) is 2.22. The van der Waals surface area contributed by atoms with Crippen LogP contribution in [0.5, 0.6) is 0 Å². The van der Waals surface area contributed by atoms with Crippen molar-refractivity contribution in [1.82, 2.24) is 0 Å². The van der Waals surface area contributed by atoms with Gasteiger partial charge in [-0.2, -0.15) is 0 Å². The van der Waals surface area contributed by atoms with Gasteiger partial charge in [0.05, 0.1) is 0 Å². The highest BCUT2D eigenvalue weighted by Crippen LogP contribution is 1.63. The van der Waals surface area contributed by atoms with Gasteiger partial charge in [-0.05, 0) is 0 Å². The first-order chi connectivity index (χ1) is 2.30. The Hall–Kier alpha value is -0.166. The van der Waals surface area contributed by atoms with Gasteiger partial charge < -0.3 is 12.7 Å². The number of hydrogen-bond acceptors (Lipinski definition) is 3. The van der Waals surface area contributed by atoms with E-state index in [0.29, 0.717) is 0 Å². The molecule has 0 bridgehead atoms. The lowest BCUT2D eigenvalue weighted by atomic mass is 15.9. The molecule has 0 aliphatic heterocycles. The molecule has 1 aromatic heterocycles. The lowest BCUT2D eigenvalue weighted by Crippen LogP contribution is -1.55. The molecule has 0 aromatic carbocycles. The predicted octanol–water partition coefficient (Wildman–Crippen LogP) is -0.844. The summed E-state index contributed by atoms with van der Waals surface area (Å²) in [6.45, 7) is 0. The first-order valence-corrected chi connectivity index (χ1v) is 4.70. The van der Waals surface area contributed by atoms with Gasteiger partial charge in [-0.15, -0.1) is 0 Å². The van der Waals surface area contributed by atoms with Crippen LogP contribution in [0.25, 0.3) is 0 Å². The SMILES string of the molecule is O=[si]1o[si]1=O. The third-order valence-electron chi connectivity index (χ3n) is 0.310. The molecule has 0 N–H and O–H groups in total. The van der Waals surface area contributed by atoms with Crippen molar-refractivity contribution in [3.63, 3.8) is 0 Å². The van der Waals surface area contributed by atoms with Crippen LogP contribution in [-0.4, -0.2) is 16.1 Å². The average molecular weight is 104 g/mol. The van der Waals surface area contributed by atoms with Crippen LogP contribution in [0.3, 0.4) is 0 Å². The Bertz CT molecular complexity index is 155. The minimum Gasteiger partial charge on any atom is -0.518 e. The van der Waals surface area contributed by atoms with Crippen LogP contribution >= 0.6 is 0 Å². The summed E-state index contributed by atoms with van der Waals surface area (Å²) in [4.78, 5) is 0. The maximum atomic E-state index is 9.58. The van der Waals surface area contributed by atoms with E-state index in [0.717, 1.165) is 0 Å². The molecule has 0 aliphatic rings.